The molecule has 108 valence electrons. The topological polar surface area (TPSA) is 69.2 Å². The standard InChI is InChI=1S/C13H17N3.C2H4O2/c1-2-8-16(7-1)9-5-11-10-15-13-12(11)4-3-6-14-13;1-2(3)4/h3-4,6,10H,1-2,5,7-9H2,(H,14,15);1H3,(H,3,4). The molecule has 2 N–H and O–H groups in total. The Kier molecular flexibility index (Phi) is 5.12. The maximum absolute atomic E-state index is 9.00. The van der Waals surface area contributed by atoms with Crippen LogP contribution in [-0.2, 0) is 11.2 Å². The molecule has 0 aliphatic carbocycles. The van der Waals surface area contributed by atoms with Crippen LogP contribution in [0.3, 0.4) is 0 Å². The van der Waals surface area contributed by atoms with Gasteiger partial charge in [0.1, 0.15) is 5.65 Å². The van der Waals surface area contributed by atoms with E-state index in [1.54, 1.807) is 0 Å². The molecular formula is C15H21N3O2. The van der Waals surface area contributed by atoms with Gasteiger partial charge in [0, 0.05) is 31.2 Å². The summed E-state index contributed by atoms with van der Waals surface area (Å²) in [5.74, 6) is -0.833. The molecule has 0 radical (unpaired) electrons. The van der Waals surface area contributed by atoms with Gasteiger partial charge in [0.05, 0.1) is 0 Å². The van der Waals surface area contributed by atoms with Crippen LogP contribution in [0.1, 0.15) is 25.3 Å². The number of carbonyl (C=O) groups is 1. The molecule has 0 amide bonds. The SMILES string of the molecule is CC(=O)O.c1cnc2[nH]cc(CCN3CCCC3)c2c1. The normalized spacial score (nSPS) is 15.1. The van der Waals surface area contributed by atoms with Gasteiger partial charge in [0.15, 0.2) is 0 Å². The largest absolute Gasteiger partial charge is 0.481 e. The average Bonchev–Trinajstić information content (AvgIpc) is 3.05. The molecule has 5 nitrogen and oxygen atoms in total. The highest BCUT2D eigenvalue weighted by Gasteiger charge is 2.12. The van der Waals surface area contributed by atoms with Crippen molar-refractivity contribution in [2.45, 2.75) is 26.2 Å². The van der Waals surface area contributed by atoms with E-state index < -0.39 is 5.97 Å². The Hall–Kier alpha value is -1.88. The van der Waals surface area contributed by atoms with Crippen molar-refractivity contribution in [3.8, 4) is 0 Å². The zero-order valence-electron chi connectivity index (χ0n) is 11.8. The molecule has 2 aromatic rings. The van der Waals surface area contributed by atoms with Crippen LogP contribution in [0.25, 0.3) is 11.0 Å². The van der Waals surface area contributed by atoms with Crippen LogP contribution in [0.2, 0.25) is 0 Å². The predicted molar refractivity (Wildman–Crippen MR) is 78.8 cm³/mol. The van der Waals surface area contributed by atoms with Crippen LogP contribution in [0.5, 0.6) is 0 Å². The summed E-state index contributed by atoms with van der Waals surface area (Å²) in [6, 6.07) is 4.16. The van der Waals surface area contributed by atoms with Gasteiger partial charge in [-0.05, 0) is 50.0 Å². The monoisotopic (exact) mass is 275 g/mol. The number of pyridine rings is 1. The van der Waals surface area contributed by atoms with Crippen LogP contribution >= 0.6 is 0 Å². The Balaban J connectivity index is 0.000000328. The lowest BCUT2D eigenvalue weighted by Gasteiger charge is -2.13. The summed E-state index contributed by atoms with van der Waals surface area (Å²) in [7, 11) is 0. The minimum absolute atomic E-state index is 0.833. The first-order chi connectivity index (χ1) is 9.66. The van der Waals surface area contributed by atoms with E-state index in [9.17, 15) is 0 Å². The summed E-state index contributed by atoms with van der Waals surface area (Å²) in [6.45, 7) is 4.82. The molecule has 1 aliphatic rings. The highest BCUT2D eigenvalue weighted by atomic mass is 16.4. The van der Waals surface area contributed by atoms with E-state index >= 15 is 0 Å². The number of nitrogens with one attached hydrogen (secondary N) is 1. The minimum atomic E-state index is -0.833. The Morgan fingerprint density at radius 3 is 2.85 bits per heavy atom. The second kappa shape index (κ2) is 7.05. The van der Waals surface area contributed by atoms with Crippen molar-refractivity contribution < 1.29 is 9.90 Å². The van der Waals surface area contributed by atoms with E-state index in [1.807, 2.05) is 12.3 Å². The first kappa shape index (κ1) is 14.5. The minimum Gasteiger partial charge on any atom is -0.481 e. The lowest BCUT2D eigenvalue weighted by atomic mass is 10.1. The lowest BCUT2D eigenvalue weighted by Crippen LogP contribution is -2.21. The number of aliphatic carboxylic acids is 1. The van der Waals surface area contributed by atoms with E-state index in [4.69, 9.17) is 9.90 Å². The number of aromatic nitrogens is 2. The van der Waals surface area contributed by atoms with E-state index in [-0.39, 0.29) is 0 Å². The van der Waals surface area contributed by atoms with Gasteiger partial charge in [-0.15, -0.1) is 0 Å². The summed E-state index contributed by atoms with van der Waals surface area (Å²) in [5.41, 5.74) is 2.41. The fraction of sp³-hybridized carbons (Fsp3) is 0.467. The molecule has 0 atom stereocenters. The lowest BCUT2D eigenvalue weighted by molar-refractivity contribution is -0.134. The summed E-state index contributed by atoms with van der Waals surface area (Å²) < 4.78 is 0. The van der Waals surface area contributed by atoms with Gasteiger partial charge in [0.2, 0.25) is 0 Å². The molecule has 0 bridgehead atoms. The fourth-order valence-electron chi connectivity index (χ4n) is 2.50. The summed E-state index contributed by atoms with van der Waals surface area (Å²) >= 11 is 0. The maximum Gasteiger partial charge on any atom is 0.300 e. The molecule has 5 heteroatoms. The third kappa shape index (κ3) is 4.06. The number of carboxylic acids is 1. The number of nitrogens with zero attached hydrogens (tertiary/aromatic N) is 2. The molecule has 1 fully saturated rings. The molecule has 20 heavy (non-hydrogen) atoms. The first-order valence-corrected chi connectivity index (χ1v) is 6.99. The molecule has 3 heterocycles. The number of likely N-dealkylation sites (tertiary alicyclic amines) is 1. The number of fused-ring (bicyclic) bond motifs is 1. The maximum atomic E-state index is 9.00. The number of carboxylic acid groups (broad SMARTS) is 1. The predicted octanol–water partition coefficient (Wildman–Crippen LogP) is 2.29. The fourth-order valence-corrected chi connectivity index (χ4v) is 2.50. The van der Waals surface area contributed by atoms with Crippen LogP contribution in [0, 0.1) is 0 Å². The van der Waals surface area contributed by atoms with Crippen LogP contribution < -0.4 is 0 Å². The zero-order valence-corrected chi connectivity index (χ0v) is 11.8. The number of rotatable bonds is 3. The van der Waals surface area contributed by atoms with Crippen LogP contribution in [0.15, 0.2) is 24.5 Å². The van der Waals surface area contributed by atoms with Gasteiger partial charge in [-0.2, -0.15) is 0 Å². The van der Waals surface area contributed by atoms with Crippen molar-refractivity contribution in [2.75, 3.05) is 19.6 Å². The molecule has 0 unspecified atom stereocenters. The highest BCUT2D eigenvalue weighted by Crippen LogP contribution is 2.17. The molecule has 2 aromatic heterocycles. The Bertz CT molecular complexity index is 555. The smallest absolute Gasteiger partial charge is 0.300 e. The van der Waals surface area contributed by atoms with E-state index in [0.717, 1.165) is 19.0 Å². The Morgan fingerprint density at radius 1 is 1.45 bits per heavy atom. The van der Waals surface area contributed by atoms with Crippen LogP contribution in [-0.4, -0.2) is 45.6 Å². The van der Waals surface area contributed by atoms with Crippen molar-refractivity contribution in [3.05, 3.63) is 30.1 Å². The van der Waals surface area contributed by atoms with E-state index in [0.29, 0.717) is 0 Å². The quantitative estimate of drug-likeness (QED) is 0.901. The zero-order chi connectivity index (χ0) is 14.4. The van der Waals surface area contributed by atoms with Gasteiger partial charge in [-0.1, -0.05) is 0 Å². The second-order valence-corrected chi connectivity index (χ2v) is 5.03. The summed E-state index contributed by atoms with van der Waals surface area (Å²) in [5, 5.41) is 8.70. The third-order valence-electron chi connectivity index (χ3n) is 3.43. The van der Waals surface area contributed by atoms with Crippen LogP contribution in [0.4, 0.5) is 0 Å². The average molecular weight is 275 g/mol. The number of aromatic amines is 1. The second-order valence-electron chi connectivity index (χ2n) is 5.03. The Morgan fingerprint density at radius 2 is 2.15 bits per heavy atom. The third-order valence-corrected chi connectivity index (χ3v) is 3.43. The number of hydrogen-bond acceptors (Lipinski definition) is 3. The van der Waals surface area contributed by atoms with Crippen molar-refractivity contribution in [3.63, 3.8) is 0 Å². The number of H-pyrrole nitrogens is 1. The molecule has 3 rings (SSSR count). The van der Waals surface area contributed by atoms with Gasteiger partial charge in [-0.25, -0.2) is 4.98 Å². The molecule has 1 saturated heterocycles. The van der Waals surface area contributed by atoms with E-state index in [2.05, 4.69) is 27.1 Å². The molecule has 0 spiro atoms. The van der Waals surface area contributed by atoms with Gasteiger partial charge in [-0.3, -0.25) is 4.79 Å². The highest BCUT2D eigenvalue weighted by molar-refractivity contribution is 5.79. The number of hydrogen-bond donors (Lipinski definition) is 2. The first-order valence-electron chi connectivity index (χ1n) is 6.99. The molecule has 0 saturated carbocycles. The van der Waals surface area contributed by atoms with Crippen molar-refractivity contribution in [1.82, 2.24) is 14.9 Å². The van der Waals surface area contributed by atoms with E-state index in [1.165, 1.54) is 43.4 Å². The van der Waals surface area contributed by atoms with Crippen molar-refractivity contribution >= 4 is 17.0 Å². The summed E-state index contributed by atoms with van der Waals surface area (Å²) in [4.78, 5) is 19.1. The van der Waals surface area contributed by atoms with Gasteiger partial charge >= 0.3 is 0 Å². The van der Waals surface area contributed by atoms with Gasteiger partial charge in [0.25, 0.3) is 5.97 Å². The molecule has 1 aliphatic heterocycles. The molecular weight excluding hydrogens is 254 g/mol. The summed E-state index contributed by atoms with van der Waals surface area (Å²) in [6.07, 6.45) is 7.81. The van der Waals surface area contributed by atoms with Crippen molar-refractivity contribution in [1.29, 1.82) is 0 Å². The van der Waals surface area contributed by atoms with Crippen molar-refractivity contribution in [2.24, 2.45) is 0 Å². The van der Waals surface area contributed by atoms with Gasteiger partial charge < -0.3 is 15.0 Å². The Labute approximate surface area is 118 Å². The molecule has 0 aromatic carbocycles.